The van der Waals surface area contributed by atoms with Crippen LogP contribution in [0.15, 0.2) is 41.0 Å². The SMILES string of the molecule is COc1ccc(C)cc1C(C)N[C@H](C)c1ccco1. The molecule has 1 aromatic carbocycles. The largest absolute Gasteiger partial charge is 0.496 e. The van der Waals surface area contributed by atoms with E-state index in [1.807, 2.05) is 18.2 Å². The van der Waals surface area contributed by atoms with Crippen molar-refractivity contribution >= 4 is 0 Å². The number of hydrogen-bond acceptors (Lipinski definition) is 3. The van der Waals surface area contributed by atoms with E-state index >= 15 is 0 Å². The normalized spacial score (nSPS) is 14.1. The molecular weight excluding hydrogens is 238 g/mol. The van der Waals surface area contributed by atoms with Gasteiger partial charge in [0.05, 0.1) is 19.4 Å². The summed E-state index contributed by atoms with van der Waals surface area (Å²) in [4.78, 5) is 0. The van der Waals surface area contributed by atoms with Crippen LogP contribution in [-0.2, 0) is 0 Å². The Morgan fingerprint density at radius 2 is 1.95 bits per heavy atom. The molecule has 0 amide bonds. The Morgan fingerprint density at radius 3 is 2.58 bits per heavy atom. The van der Waals surface area contributed by atoms with Gasteiger partial charge in [-0.05, 0) is 39.0 Å². The van der Waals surface area contributed by atoms with Crippen molar-refractivity contribution in [3.8, 4) is 5.75 Å². The van der Waals surface area contributed by atoms with Crippen molar-refractivity contribution in [2.24, 2.45) is 0 Å². The maximum Gasteiger partial charge on any atom is 0.123 e. The van der Waals surface area contributed by atoms with Crippen LogP contribution in [0.2, 0.25) is 0 Å². The van der Waals surface area contributed by atoms with E-state index in [2.05, 4.69) is 38.2 Å². The number of rotatable bonds is 5. The summed E-state index contributed by atoms with van der Waals surface area (Å²) < 4.78 is 10.8. The van der Waals surface area contributed by atoms with E-state index in [1.54, 1.807) is 13.4 Å². The molecule has 0 spiro atoms. The first kappa shape index (κ1) is 13.7. The summed E-state index contributed by atoms with van der Waals surface area (Å²) in [6, 6.07) is 10.5. The summed E-state index contributed by atoms with van der Waals surface area (Å²) in [5.41, 5.74) is 2.40. The number of ether oxygens (including phenoxy) is 1. The van der Waals surface area contributed by atoms with Crippen LogP contribution >= 0.6 is 0 Å². The van der Waals surface area contributed by atoms with E-state index < -0.39 is 0 Å². The minimum Gasteiger partial charge on any atom is -0.496 e. The van der Waals surface area contributed by atoms with Crippen molar-refractivity contribution in [3.63, 3.8) is 0 Å². The van der Waals surface area contributed by atoms with Crippen LogP contribution in [0.5, 0.6) is 5.75 Å². The second-order valence-corrected chi connectivity index (χ2v) is 4.87. The Labute approximate surface area is 114 Å². The predicted molar refractivity (Wildman–Crippen MR) is 76.4 cm³/mol. The Hall–Kier alpha value is -1.74. The summed E-state index contributed by atoms with van der Waals surface area (Å²) in [6.45, 7) is 6.32. The molecule has 3 nitrogen and oxygen atoms in total. The fraction of sp³-hybridized carbons (Fsp3) is 0.375. The minimum atomic E-state index is 0.162. The van der Waals surface area contributed by atoms with Gasteiger partial charge in [-0.15, -0.1) is 0 Å². The molecule has 19 heavy (non-hydrogen) atoms. The molecule has 0 aliphatic rings. The molecule has 2 rings (SSSR count). The molecule has 102 valence electrons. The zero-order valence-electron chi connectivity index (χ0n) is 11.9. The van der Waals surface area contributed by atoms with Gasteiger partial charge in [0.1, 0.15) is 11.5 Å². The van der Waals surface area contributed by atoms with Crippen LogP contribution in [0.4, 0.5) is 0 Å². The number of aryl methyl sites for hydroxylation is 1. The van der Waals surface area contributed by atoms with Crippen LogP contribution in [0.3, 0.4) is 0 Å². The van der Waals surface area contributed by atoms with Crippen molar-refractivity contribution < 1.29 is 9.15 Å². The lowest BCUT2D eigenvalue weighted by Gasteiger charge is -2.21. The Kier molecular flexibility index (Phi) is 4.27. The van der Waals surface area contributed by atoms with Crippen LogP contribution in [0, 0.1) is 6.92 Å². The molecule has 0 aliphatic heterocycles. The van der Waals surface area contributed by atoms with E-state index in [0.29, 0.717) is 0 Å². The fourth-order valence-electron chi connectivity index (χ4n) is 2.28. The predicted octanol–water partition coefficient (Wildman–Crippen LogP) is 4.01. The molecule has 0 bridgehead atoms. The van der Waals surface area contributed by atoms with E-state index in [4.69, 9.17) is 9.15 Å². The third kappa shape index (κ3) is 3.18. The number of methoxy groups -OCH3 is 1. The first-order chi connectivity index (χ1) is 9.11. The molecule has 2 aromatic rings. The van der Waals surface area contributed by atoms with Gasteiger partial charge in [-0.1, -0.05) is 17.7 Å². The van der Waals surface area contributed by atoms with Crippen molar-refractivity contribution in [1.82, 2.24) is 5.32 Å². The Bertz CT molecular complexity index is 520. The van der Waals surface area contributed by atoms with Crippen molar-refractivity contribution in [2.45, 2.75) is 32.9 Å². The first-order valence-corrected chi connectivity index (χ1v) is 6.55. The van der Waals surface area contributed by atoms with Gasteiger partial charge >= 0.3 is 0 Å². The van der Waals surface area contributed by atoms with Crippen LogP contribution < -0.4 is 10.1 Å². The van der Waals surface area contributed by atoms with Gasteiger partial charge < -0.3 is 14.5 Å². The molecule has 1 unspecified atom stereocenters. The van der Waals surface area contributed by atoms with Gasteiger partial charge in [0.15, 0.2) is 0 Å². The van der Waals surface area contributed by atoms with Gasteiger partial charge in [-0.2, -0.15) is 0 Å². The lowest BCUT2D eigenvalue weighted by atomic mass is 10.0. The van der Waals surface area contributed by atoms with Crippen molar-refractivity contribution in [3.05, 3.63) is 53.5 Å². The molecule has 0 saturated carbocycles. The second-order valence-electron chi connectivity index (χ2n) is 4.87. The van der Waals surface area contributed by atoms with Gasteiger partial charge in [-0.3, -0.25) is 0 Å². The molecule has 3 heteroatoms. The molecule has 2 atom stereocenters. The third-order valence-electron chi connectivity index (χ3n) is 3.32. The third-order valence-corrected chi connectivity index (χ3v) is 3.32. The smallest absolute Gasteiger partial charge is 0.123 e. The lowest BCUT2D eigenvalue weighted by molar-refractivity contribution is 0.379. The average Bonchev–Trinajstić information content (AvgIpc) is 2.92. The monoisotopic (exact) mass is 259 g/mol. The molecule has 1 N–H and O–H groups in total. The average molecular weight is 259 g/mol. The number of hydrogen-bond donors (Lipinski definition) is 1. The lowest BCUT2D eigenvalue weighted by Crippen LogP contribution is -2.22. The standard InChI is InChI=1S/C16H21NO2/c1-11-7-8-16(18-4)14(10-11)12(2)17-13(3)15-6-5-9-19-15/h5-10,12-13,17H,1-4H3/t12?,13-/m1/s1. The molecule has 0 fully saturated rings. The zero-order chi connectivity index (χ0) is 13.8. The maximum absolute atomic E-state index is 5.43. The minimum absolute atomic E-state index is 0.162. The van der Waals surface area contributed by atoms with E-state index in [0.717, 1.165) is 11.5 Å². The summed E-state index contributed by atoms with van der Waals surface area (Å²) in [7, 11) is 1.71. The summed E-state index contributed by atoms with van der Waals surface area (Å²) >= 11 is 0. The summed E-state index contributed by atoms with van der Waals surface area (Å²) in [5.74, 6) is 1.86. The topological polar surface area (TPSA) is 34.4 Å². The van der Waals surface area contributed by atoms with Gasteiger partial charge in [0.25, 0.3) is 0 Å². The fourth-order valence-corrected chi connectivity index (χ4v) is 2.28. The Morgan fingerprint density at radius 1 is 1.16 bits per heavy atom. The highest BCUT2D eigenvalue weighted by molar-refractivity contribution is 5.39. The Balaban J connectivity index is 2.15. The van der Waals surface area contributed by atoms with E-state index in [1.165, 1.54) is 11.1 Å². The highest BCUT2D eigenvalue weighted by atomic mass is 16.5. The number of furan rings is 1. The van der Waals surface area contributed by atoms with Crippen molar-refractivity contribution in [2.75, 3.05) is 7.11 Å². The highest BCUT2D eigenvalue weighted by Gasteiger charge is 2.16. The summed E-state index contributed by atoms with van der Waals surface area (Å²) in [5, 5.41) is 3.53. The van der Waals surface area contributed by atoms with Crippen molar-refractivity contribution in [1.29, 1.82) is 0 Å². The molecule has 1 heterocycles. The zero-order valence-corrected chi connectivity index (χ0v) is 11.9. The maximum atomic E-state index is 5.43. The molecule has 0 saturated heterocycles. The highest BCUT2D eigenvalue weighted by Crippen LogP contribution is 2.28. The van der Waals surface area contributed by atoms with Crippen LogP contribution in [0.1, 0.15) is 42.8 Å². The van der Waals surface area contributed by atoms with Gasteiger partial charge in [-0.25, -0.2) is 0 Å². The number of benzene rings is 1. The van der Waals surface area contributed by atoms with Crippen LogP contribution in [-0.4, -0.2) is 7.11 Å². The molecule has 0 radical (unpaired) electrons. The van der Waals surface area contributed by atoms with Gasteiger partial charge in [0, 0.05) is 11.6 Å². The molecule has 0 aliphatic carbocycles. The van der Waals surface area contributed by atoms with E-state index in [-0.39, 0.29) is 12.1 Å². The number of nitrogens with one attached hydrogen (secondary N) is 1. The second kappa shape index (κ2) is 5.93. The summed E-state index contributed by atoms with van der Waals surface area (Å²) in [6.07, 6.45) is 1.70. The van der Waals surface area contributed by atoms with Gasteiger partial charge in [0.2, 0.25) is 0 Å². The first-order valence-electron chi connectivity index (χ1n) is 6.55. The quantitative estimate of drug-likeness (QED) is 0.881. The van der Waals surface area contributed by atoms with E-state index in [9.17, 15) is 0 Å². The van der Waals surface area contributed by atoms with Crippen LogP contribution in [0.25, 0.3) is 0 Å². The molecule has 1 aromatic heterocycles. The molecular formula is C16H21NO2.